The van der Waals surface area contributed by atoms with Crippen molar-refractivity contribution in [2.45, 2.75) is 5.03 Å². The average Bonchev–Trinajstić information content (AvgIpc) is 2.77. The standard InChI is InChI=1S/C10H18N4O3S/c1-12-10(2-3-11-12)18(16,17)14-6-4-13(5-7-14)8-9-15/h2-3,15H,4-9H2,1H3. The number of hydrogen-bond acceptors (Lipinski definition) is 5. The minimum absolute atomic E-state index is 0.106. The van der Waals surface area contributed by atoms with Gasteiger partial charge in [0.2, 0.25) is 0 Å². The van der Waals surface area contributed by atoms with Crippen molar-refractivity contribution in [3.05, 3.63) is 12.3 Å². The molecule has 2 rings (SSSR count). The Balaban J connectivity index is 2.08. The molecule has 102 valence electrons. The van der Waals surface area contributed by atoms with Crippen molar-refractivity contribution in [3.63, 3.8) is 0 Å². The Kier molecular flexibility index (Phi) is 4.00. The molecule has 0 aromatic carbocycles. The number of aryl methyl sites for hydroxylation is 1. The van der Waals surface area contributed by atoms with Crippen LogP contribution in [0.1, 0.15) is 0 Å². The molecule has 0 radical (unpaired) electrons. The van der Waals surface area contributed by atoms with Crippen LogP contribution >= 0.6 is 0 Å². The van der Waals surface area contributed by atoms with Gasteiger partial charge in [0.1, 0.15) is 0 Å². The second kappa shape index (κ2) is 5.35. The molecule has 0 atom stereocenters. The van der Waals surface area contributed by atoms with Crippen LogP contribution in [0, 0.1) is 0 Å². The van der Waals surface area contributed by atoms with Crippen molar-refractivity contribution in [1.82, 2.24) is 19.0 Å². The summed E-state index contributed by atoms with van der Waals surface area (Å²) in [7, 11) is -1.82. The van der Waals surface area contributed by atoms with Gasteiger partial charge in [0.15, 0.2) is 5.03 Å². The summed E-state index contributed by atoms with van der Waals surface area (Å²) in [6, 6.07) is 1.51. The van der Waals surface area contributed by atoms with Crippen LogP contribution in [0.25, 0.3) is 0 Å². The first-order chi connectivity index (χ1) is 8.55. The predicted molar refractivity (Wildman–Crippen MR) is 65.5 cm³/mol. The highest BCUT2D eigenvalue weighted by Crippen LogP contribution is 2.16. The van der Waals surface area contributed by atoms with E-state index < -0.39 is 10.0 Å². The molecule has 8 heteroatoms. The monoisotopic (exact) mass is 274 g/mol. The van der Waals surface area contributed by atoms with Gasteiger partial charge in [-0.1, -0.05) is 0 Å². The quantitative estimate of drug-likeness (QED) is 0.740. The molecule has 7 nitrogen and oxygen atoms in total. The van der Waals surface area contributed by atoms with Crippen LogP contribution in [0.4, 0.5) is 0 Å². The van der Waals surface area contributed by atoms with Crippen molar-refractivity contribution in [1.29, 1.82) is 0 Å². The second-order valence-electron chi connectivity index (χ2n) is 4.26. The van der Waals surface area contributed by atoms with E-state index in [0.29, 0.717) is 32.7 Å². The van der Waals surface area contributed by atoms with Crippen LogP contribution in [-0.4, -0.2) is 71.8 Å². The van der Waals surface area contributed by atoms with Crippen LogP contribution in [0.2, 0.25) is 0 Å². The molecular formula is C10H18N4O3S. The Morgan fingerprint density at radius 1 is 1.33 bits per heavy atom. The Morgan fingerprint density at radius 3 is 2.50 bits per heavy atom. The Labute approximate surface area is 107 Å². The first kappa shape index (κ1) is 13.5. The normalized spacial score (nSPS) is 19.2. The molecule has 2 heterocycles. The van der Waals surface area contributed by atoms with Crippen molar-refractivity contribution in [2.24, 2.45) is 7.05 Å². The van der Waals surface area contributed by atoms with Crippen molar-refractivity contribution >= 4 is 10.0 Å². The van der Waals surface area contributed by atoms with Gasteiger partial charge in [-0.3, -0.25) is 9.58 Å². The third-order valence-corrected chi connectivity index (χ3v) is 5.10. The molecule has 0 amide bonds. The van der Waals surface area contributed by atoms with E-state index in [1.165, 1.54) is 21.3 Å². The minimum Gasteiger partial charge on any atom is -0.395 e. The van der Waals surface area contributed by atoms with E-state index in [0.717, 1.165) is 0 Å². The fourth-order valence-corrected chi connectivity index (χ4v) is 3.60. The highest BCUT2D eigenvalue weighted by Gasteiger charge is 2.30. The highest BCUT2D eigenvalue weighted by atomic mass is 32.2. The molecule has 1 N–H and O–H groups in total. The Bertz CT molecular complexity index is 491. The lowest BCUT2D eigenvalue weighted by atomic mass is 10.4. The maximum atomic E-state index is 12.3. The number of β-amino-alcohol motifs (C(OH)–C–C–N with tert-alkyl or cyclic N) is 1. The van der Waals surface area contributed by atoms with Gasteiger partial charge in [-0.15, -0.1) is 0 Å². The average molecular weight is 274 g/mol. The van der Waals surface area contributed by atoms with E-state index >= 15 is 0 Å². The fraction of sp³-hybridized carbons (Fsp3) is 0.700. The lowest BCUT2D eigenvalue weighted by Gasteiger charge is -2.33. The van der Waals surface area contributed by atoms with Gasteiger partial charge < -0.3 is 5.11 Å². The van der Waals surface area contributed by atoms with Gasteiger partial charge in [-0.05, 0) is 6.07 Å². The summed E-state index contributed by atoms with van der Waals surface area (Å²) in [5.41, 5.74) is 0. The second-order valence-corrected chi connectivity index (χ2v) is 6.15. The van der Waals surface area contributed by atoms with Crippen LogP contribution < -0.4 is 0 Å². The number of rotatable bonds is 4. The lowest BCUT2D eigenvalue weighted by molar-refractivity contribution is 0.151. The number of hydrogen-bond donors (Lipinski definition) is 1. The van der Waals surface area contributed by atoms with Gasteiger partial charge in [0.05, 0.1) is 12.8 Å². The highest BCUT2D eigenvalue weighted by molar-refractivity contribution is 7.89. The number of aromatic nitrogens is 2. The third-order valence-electron chi connectivity index (χ3n) is 3.13. The molecule has 1 aromatic heterocycles. The van der Waals surface area contributed by atoms with Gasteiger partial charge in [-0.25, -0.2) is 8.42 Å². The topological polar surface area (TPSA) is 78.7 Å². The molecule has 0 aliphatic carbocycles. The molecule has 0 unspecified atom stereocenters. The summed E-state index contributed by atoms with van der Waals surface area (Å²) < 4.78 is 27.5. The summed E-state index contributed by atoms with van der Waals surface area (Å²) in [4.78, 5) is 2.05. The molecule has 1 aliphatic rings. The molecule has 1 saturated heterocycles. The lowest BCUT2D eigenvalue weighted by Crippen LogP contribution is -2.49. The first-order valence-corrected chi connectivity index (χ1v) is 7.31. The summed E-state index contributed by atoms with van der Waals surface area (Å²) in [5, 5.41) is 13.0. The van der Waals surface area contributed by atoms with Gasteiger partial charge >= 0.3 is 0 Å². The Morgan fingerprint density at radius 2 is 2.00 bits per heavy atom. The summed E-state index contributed by atoms with van der Waals surface area (Å²) in [6.07, 6.45) is 1.48. The SMILES string of the molecule is Cn1nccc1S(=O)(=O)N1CCN(CCO)CC1. The van der Waals surface area contributed by atoms with Crippen molar-refractivity contribution in [3.8, 4) is 0 Å². The van der Waals surface area contributed by atoms with Gasteiger partial charge in [0.25, 0.3) is 10.0 Å². The zero-order valence-electron chi connectivity index (χ0n) is 10.4. The molecule has 0 bridgehead atoms. The smallest absolute Gasteiger partial charge is 0.260 e. The van der Waals surface area contributed by atoms with E-state index in [4.69, 9.17) is 5.11 Å². The van der Waals surface area contributed by atoms with E-state index in [1.807, 2.05) is 0 Å². The number of sulfonamides is 1. The molecule has 18 heavy (non-hydrogen) atoms. The number of aliphatic hydroxyl groups excluding tert-OH is 1. The molecular weight excluding hydrogens is 256 g/mol. The molecule has 1 aromatic rings. The summed E-state index contributed by atoms with van der Waals surface area (Å²) >= 11 is 0. The first-order valence-electron chi connectivity index (χ1n) is 5.87. The zero-order valence-corrected chi connectivity index (χ0v) is 11.2. The van der Waals surface area contributed by atoms with Crippen LogP contribution in [-0.2, 0) is 17.1 Å². The fourth-order valence-electron chi connectivity index (χ4n) is 2.08. The van der Waals surface area contributed by atoms with Gasteiger partial charge in [-0.2, -0.15) is 9.40 Å². The van der Waals surface area contributed by atoms with E-state index in [9.17, 15) is 8.42 Å². The maximum absolute atomic E-state index is 12.3. The van der Waals surface area contributed by atoms with Crippen molar-refractivity contribution in [2.75, 3.05) is 39.3 Å². The maximum Gasteiger partial charge on any atom is 0.260 e. The van der Waals surface area contributed by atoms with Crippen LogP contribution in [0.3, 0.4) is 0 Å². The van der Waals surface area contributed by atoms with E-state index in [-0.39, 0.29) is 11.6 Å². The van der Waals surface area contributed by atoms with Crippen LogP contribution in [0.15, 0.2) is 17.3 Å². The largest absolute Gasteiger partial charge is 0.395 e. The van der Waals surface area contributed by atoms with Crippen LogP contribution in [0.5, 0.6) is 0 Å². The third kappa shape index (κ3) is 2.56. The molecule has 1 fully saturated rings. The van der Waals surface area contributed by atoms with E-state index in [1.54, 1.807) is 7.05 Å². The predicted octanol–water partition coefficient (Wildman–Crippen LogP) is -1.28. The van der Waals surface area contributed by atoms with Crippen molar-refractivity contribution < 1.29 is 13.5 Å². The summed E-state index contributed by atoms with van der Waals surface area (Å²) in [6.45, 7) is 2.91. The number of piperazine rings is 1. The van der Waals surface area contributed by atoms with E-state index in [2.05, 4.69) is 10.00 Å². The molecule has 1 aliphatic heterocycles. The number of aliphatic hydroxyl groups is 1. The molecule has 0 saturated carbocycles. The zero-order chi connectivity index (χ0) is 13.2. The Hall–Kier alpha value is -0.960. The minimum atomic E-state index is -3.44. The summed E-state index contributed by atoms with van der Waals surface area (Å²) in [5.74, 6) is 0. The number of nitrogens with zero attached hydrogens (tertiary/aromatic N) is 4. The molecule has 0 spiro atoms. The van der Waals surface area contributed by atoms with Gasteiger partial charge in [0, 0.05) is 39.8 Å².